The normalized spacial score (nSPS) is 12.0. The van der Waals surface area contributed by atoms with Gasteiger partial charge >= 0.3 is 11.9 Å². The summed E-state index contributed by atoms with van der Waals surface area (Å²) in [6, 6.07) is 15.0. The van der Waals surface area contributed by atoms with Crippen LogP contribution in [0.3, 0.4) is 0 Å². The first-order valence-electron chi connectivity index (χ1n) is 13.2. The van der Waals surface area contributed by atoms with Crippen LogP contribution in [-0.4, -0.2) is 23.9 Å². The summed E-state index contributed by atoms with van der Waals surface area (Å²) in [6.45, 7) is 5.75. The molecule has 218 valence electrons. The van der Waals surface area contributed by atoms with Crippen LogP contribution < -0.4 is 11.2 Å². The van der Waals surface area contributed by atoms with Gasteiger partial charge in [0, 0.05) is 12.7 Å². The van der Waals surface area contributed by atoms with Crippen molar-refractivity contribution in [3.8, 4) is 11.5 Å². The third-order valence-corrected chi connectivity index (χ3v) is 6.84. The number of hydrogen-bond donors (Lipinski definition) is 0. The van der Waals surface area contributed by atoms with Crippen molar-refractivity contribution in [1.82, 2.24) is 23.9 Å². The number of fused-ring (bicyclic) bond motifs is 1. The molecule has 0 N–H and O–H groups in total. The fourth-order valence-corrected chi connectivity index (χ4v) is 4.76. The summed E-state index contributed by atoms with van der Waals surface area (Å²) < 4.78 is 65.6. The smallest absolute Gasteiger partial charge is 0.369 e. The van der Waals surface area contributed by atoms with Gasteiger partial charge in [-0.05, 0) is 42.2 Å². The molecule has 3 heterocycles. The molecular weight excluding hydrogens is 554 g/mol. The molecule has 42 heavy (non-hydrogen) atoms. The number of nitrogens with zero attached hydrogens (tertiary/aromatic N) is 5. The molecule has 0 bridgehead atoms. The highest BCUT2D eigenvalue weighted by Crippen LogP contribution is 2.34. The van der Waals surface area contributed by atoms with Crippen LogP contribution in [0.2, 0.25) is 0 Å². The summed E-state index contributed by atoms with van der Waals surface area (Å²) in [4.78, 5) is 31.0. The van der Waals surface area contributed by atoms with Crippen molar-refractivity contribution < 1.29 is 22.3 Å². The molecule has 0 saturated heterocycles. The number of alkyl halides is 3. The molecule has 2 aromatic carbocycles. The lowest BCUT2D eigenvalue weighted by molar-refractivity contribution is -0.137. The molecule has 0 unspecified atom stereocenters. The molecule has 0 aliphatic rings. The summed E-state index contributed by atoms with van der Waals surface area (Å²) in [7, 11) is 0. The minimum Gasteiger partial charge on any atom is -0.369 e. The summed E-state index contributed by atoms with van der Waals surface area (Å²) in [5, 5.41) is 4.05. The van der Waals surface area contributed by atoms with Crippen LogP contribution >= 0.6 is 0 Å². The lowest BCUT2D eigenvalue weighted by atomic mass is 10.0. The minimum atomic E-state index is -4.72. The Morgan fingerprint density at radius 1 is 0.976 bits per heavy atom. The van der Waals surface area contributed by atoms with Gasteiger partial charge in [-0.3, -0.25) is 13.9 Å². The third-order valence-electron chi connectivity index (χ3n) is 6.84. The average molecular weight is 582 g/mol. The Bertz CT molecular complexity index is 1870. The Morgan fingerprint density at radius 3 is 2.33 bits per heavy atom. The van der Waals surface area contributed by atoms with E-state index >= 15 is 4.39 Å². The van der Waals surface area contributed by atoms with Crippen LogP contribution in [0.1, 0.15) is 49.2 Å². The van der Waals surface area contributed by atoms with Crippen molar-refractivity contribution in [3.05, 3.63) is 116 Å². The highest BCUT2D eigenvalue weighted by atomic mass is 19.4. The number of aromatic nitrogens is 5. The predicted octanol–water partition coefficient (Wildman–Crippen LogP) is 5.75. The van der Waals surface area contributed by atoms with E-state index in [2.05, 4.69) is 10.1 Å². The standard InChI is InChI=1S/C30H27F4N5O3/c1-4-37-25(17-42-16-19-10-6-5-7-11-19)36-39(29(37)41)27-23(31)14-20-26(35-27)21(18(2)3)15-38(28(20)40)24-13-9-8-12-22(24)30(32,33)34/h5-15,18H,4,16-17H2,1-3H3. The van der Waals surface area contributed by atoms with Crippen LogP contribution in [0.25, 0.3) is 22.4 Å². The van der Waals surface area contributed by atoms with Gasteiger partial charge in [0.25, 0.3) is 5.56 Å². The predicted molar refractivity (Wildman–Crippen MR) is 148 cm³/mol. The average Bonchev–Trinajstić information content (AvgIpc) is 3.27. The van der Waals surface area contributed by atoms with Crippen LogP contribution in [0, 0.1) is 5.82 Å². The monoisotopic (exact) mass is 581 g/mol. The molecule has 0 aliphatic carbocycles. The largest absolute Gasteiger partial charge is 0.418 e. The maximum absolute atomic E-state index is 15.6. The van der Waals surface area contributed by atoms with Gasteiger partial charge in [-0.1, -0.05) is 56.3 Å². The van der Waals surface area contributed by atoms with E-state index in [0.29, 0.717) is 5.56 Å². The number of para-hydroxylation sites is 1. The van der Waals surface area contributed by atoms with Crippen LogP contribution in [0.4, 0.5) is 17.6 Å². The number of pyridine rings is 2. The Hall–Kier alpha value is -4.58. The summed E-state index contributed by atoms with van der Waals surface area (Å²) >= 11 is 0. The molecule has 0 fully saturated rings. The molecule has 8 nitrogen and oxygen atoms in total. The van der Waals surface area contributed by atoms with Gasteiger partial charge in [-0.25, -0.2) is 14.2 Å². The van der Waals surface area contributed by atoms with Crippen LogP contribution in [0.5, 0.6) is 0 Å². The molecule has 5 aromatic rings. The van der Waals surface area contributed by atoms with E-state index in [9.17, 15) is 22.8 Å². The van der Waals surface area contributed by atoms with Crippen molar-refractivity contribution in [2.75, 3.05) is 0 Å². The number of ether oxygens (including phenoxy) is 1. The second-order valence-electron chi connectivity index (χ2n) is 9.95. The fraction of sp³-hybridized carbons (Fsp3) is 0.267. The van der Waals surface area contributed by atoms with E-state index in [0.717, 1.165) is 26.9 Å². The Balaban J connectivity index is 1.62. The lowest BCUT2D eigenvalue weighted by Gasteiger charge is -2.18. The first-order chi connectivity index (χ1) is 20.0. The number of rotatable bonds is 8. The van der Waals surface area contributed by atoms with E-state index in [4.69, 9.17) is 4.74 Å². The molecule has 0 amide bonds. The summed E-state index contributed by atoms with van der Waals surface area (Å²) in [6.07, 6.45) is -3.44. The molecule has 5 rings (SSSR count). The molecule has 3 aromatic heterocycles. The zero-order valence-electron chi connectivity index (χ0n) is 23.0. The minimum absolute atomic E-state index is 0.0270. The zero-order chi connectivity index (χ0) is 30.2. The Morgan fingerprint density at radius 2 is 1.67 bits per heavy atom. The molecule has 12 heteroatoms. The third kappa shape index (κ3) is 5.37. The number of halogens is 4. The van der Waals surface area contributed by atoms with Gasteiger partial charge < -0.3 is 4.74 Å². The second-order valence-corrected chi connectivity index (χ2v) is 9.95. The summed E-state index contributed by atoms with van der Waals surface area (Å²) in [5.41, 5.74) is -1.56. The van der Waals surface area contributed by atoms with Gasteiger partial charge in [-0.15, -0.1) is 5.10 Å². The van der Waals surface area contributed by atoms with Gasteiger partial charge in [0.15, 0.2) is 17.5 Å². The molecule has 0 radical (unpaired) electrons. The maximum atomic E-state index is 15.6. The molecule has 0 atom stereocenters. The van der Waals surface area contributed by atoms with Gasteiger partial charge in [0.1, 0.15) is 6.61 Å². The number of benzene rings is 2. The van der Waals surface area contributed by atoms with E-state index < -0.39 is 34.6 Å². The second kappa shape index (κ2) is 11.4. The molecular formula is C30H27F4N5O3. The lowest BCUT2D eigenvalue weighted by Crippen LogP contribution is -2.26. The zero-order valence-corrected chi connectivity index (χ0v) is 23.0. The van der Waals surface area contributed by atoms with Crippen molar-refractivity contribution in [1.29, 1.82) is 0 Å². The molecule has 0 saturated carbocycles. The number of hydrogen-bond acceptors (Lipinski definition) is 5. The van der Waals surface area contributed by atoms with E-state index in [1.807, 2.05) is 30.3 Å². The molecule has 0 aliphatic heterocycles. The van der Waals surface area contributed by atoms with Crippen LogP contribution in [0.15, 0.2) is 76.4 Å². The van der Waals surface area contributed by atoms with E-state index in [1.54, 1.807) is 20.8 Å². The Labute approximate surface area is 237 Å². The van der Waals surface area contributed by atoms with Gasteiger partial charge in [-0.2, -0.15) is 17.9 Å². The maximum Gasteiger partial charge on any atom is 0.418 e. The van der Waals surface area contributed by atoms with E-state index in [-0.39, 0.29) is 48.1 Å². The molecule has 0 spiro atoms. The highest BCUT2D eigenvalue weighted by Gasteiger charge is 2.34. The SMILES string of the molecule is CCn1c(COCc2ccccc2)nn(-c2nc3c(C(C)C)cn(-c4ccccc4C(F)(F)F)c(=O)c3cc2F)c1=O. The van der Waals surface area contributed by atoms with Gasteiger partial charge in [0.05, 0.1) is 28.8 Å². The first kappa shape index (κ1) is 28.9. The quantitative estimate of drug-likeness (QED) is 0.218. The van der Waals surface area contributed by atoms with Crippen molar-refractivity contribution in [2.24, 2.45) is 0 Å². The van der Waals surface area contributed by atoms with E-state index in [1.165, 1.54) is 29.0 Å². The van der Waals surface area contributed by atoms with Crippen molar-refractivity contribution in [2.45, 2.75) is 52.6 Å². The van der Waals surface area contributed by atoms with Crippen molar-refractivity contribution in [3.63, 3.8) is 0 Å². The fourth-order valence-electron chi connectivity index (χ4n) is 4.76. The Kier molecular flexibility index (Phi) is 7.83. The highest BCUT2D eigenvalue weighted by molar-refractivity contribution is 5.83. The van der Waals surface area contributed by atoms with Crippen molar-refractivity contribution >= 4 is 10.9 Å². The summed E-state index contributed by atoms with van der Waals surface area (Å²) in [5.74, 6) is -1.53. The van der Waals surface area contributed by atoms with Gasteiger partial charge in [0.2, 0.25) is 0 Å². The topological polar surface area (TPSA) is 83.9 Å². The first-order valence-corrected chi connectivity index (χ1v) is 13.2. The van der Waals surface area contributed by atoms with Crippen LogP contribution in [-0.2, 0) is 30.7 Å².